The van der Waals surface area contributed by atoms with Crippen LogP contribution >= 0.6 is 12.2 Å². The Bertz CT molecular complexity index is 330. The van der Waals surface area contributed by atoms with E-state index in [-0.39, 0.29) is 0 Å². The van der Waals surface area contributed by atoms with Crippen LogP contribution < -0.4 is 5.32 Å². The Hall–Kier alpha value is -1.41. The molecule has 1 rings (SSSR count). The highest BCUT2D eigenvalue weighted by Crippen LogP contribution is 2.00. The average molecular weight is 305 g/mol. The first-order valence-corrected chi connectivity index (χ1v) is 6.82. The monoisotopic (exact) mass is 305 g/mol. The number of rotatable bonds is 2. The fourth-order valence-electron chi connectivity index (χ4n) is 1.41. The van der Waals surface area contributed by atoms with E-state index >= 15 is 0 Å². The molecule has 0 radical (unpaired) electrons. The second-order valence-corrected chi connectivity index (χ2v) is 5.37. The van der Waals surface area contributed by atoms with E-state index in [1.807, 2.05) is 0 Å². The molecular weight excluding hydrogens is 282 g/mol. The van der Waals surface area contributed by atoms with Gasteiger partial charge in [0.25, 0.3) is 0 Å². The summed E-state index contributed by atoms with van der Waals surface area (Å²) in [5, 5.41) is 19.0. The van der Waals surface area contributed by atoms with Crippen molar-refractivity contribution in [2.75, 3.05) is 39.8 Å². The van der Waals surface area contributed by atoms with Crippen molar-refractivity contribution in [1.82, 2.24) is 15.1 Å². The summed E-state index contributed by atoms with van der Waals surface area (Å²) < 4.78 is 0. The van der Waals surface area contributed by atoms with Gasteiger partial charge in [-0.1, -0.05) is 13.8 Å². The minimum Gasteiger partial charge on any atom is -0.473 e. The molecule has 116 valence electrons. The Morgan fingerprint density at radius 2 is 1.60 bits per heavy atom. The van der Waals surface area contributed by atoms with Gasteiger partial charge in [0.15, 0.2) is 5.11 Å². The van der Waals surface area contributed by atoms with Crippen molar-refractivity contribution in [2.45, 2.75) is 13.8 Å². The number of likely N-dealkylation sites (N-methyl/N-ethyl adjacent to an activating group) is 1. The Kier molecular flexibility index (Phi) is 8.82. The molecule has 1 fully saturated rings. The van der Waals surface area contributed by atoms with Crippen LogP contribution in [0.2, 0.25) is 0 Å². The maximum Gasteiger partial charge on any atom is 0.414 e. The molecule has 3 N–H and O–H groups in total. The summed E-state index contributed by atoms with van der Waals surface area (Å²) in [6, 6.07) is 0. The van der Waals surface area contributed by atoms with Gasteiger partial charge in [0.05, 0.1) is 0 Å². The normalized spacial score (nSPS) is 15.3. The highest BCUT2D eigenvalue weighted by Gasteiger charge is 2.15. The van der Waals surface area contributed by atoms with E-state index < -0.39 is 11.9 Å². The maximum absolute atomic E-state index is 9.10. The second kappa shape index (κ2) is 9.49. The number of hydrogen-bond donors (Lipinski definition) is 3. The van der Waals surface area contributed by atoms with Gasteiger partial charge in [0, 0.05) is 32.7 Å². The maximum atomic E-state index is 9.10. The van der Waals surface area contributed by atoms with Crippen molar-refractivity contribution in [3.8, 4) is 0 Å². The van der Waals surface area contributed by atoms with Gasteiger partial charge in [-0.25, -0.2) is 9.59 Å². The van der Waals surface area contributed by atoms with Crippen LogP contribution in [0.15, 0.2) is 0 Å². The van der Waals surface area contributed by atoms with E-state index in [0.717, 1.165) is 37.8 Å². The zero-order chi connectivity index (χ0) is 15.7. The van der Waals surface area contributed by atoms with Crippen molar-refractivity contribution in [3.05, 3.63) is 0 Å². The topological polar surface area (TPSA) is 93.1 Å². The van der Waals surface area contributed by atoms with Crippen LogP contribution in [0.3, 0.4) is 0 Å². The molecule has 7 nitrogen and oxygen atoms in total. The molecule has 0 aromatic heterocycles. The summed E-state index contributed by atoms with van der Waals surface area (Å²) in [6.07, 6.45) is 0. The van der Waals surface area contributed by atoms with Gasteiger partial charge < -0.3 is 25.3 Å². The highest BCUT2D eigenvalue weighted by molar-refractivity contribution is 7.80. The number of nitrogens with zero attached hydrogens (tertiary/aromatic N) is 2. The number of thiocarbonyl (C=S) groups is 1. The van der Waals surface area contributed by atoms with E-state index in [1.54, 1.807) is 0 Å². The molecule has 0 spiro atoms. The van der Waals surface area contributed by atoms with E-state index in [4.69, 9.17) is 32.0 Å². The molecule has 8 heteroatoms. The lowest BCUT2D eigenvalue weighted by atomic mass is 10.2. The number of carboxylic acid groups (broad SMARTS) is 2. The molecule has 1 saturated heterocycles. The fourth-order valence-corrected chi connectivity index (χ4v) is 1.68. The fraction of sp³-hybridized carbons (Fsp3) is 0.750. The van der Waals surface area contributed by atoms with E-state index in [9.17, 15) is 0 Å². The summed E-state index contributed by atoms with van der Waals surface area (Å²) >= 11 is 5.33. The molecule has 0 bridgehead atoms. The molecule has 1 aliphatic heterocycles. The van der Waals surface area contributed by atoms with Crippen molar-refractivity contribution >= 4 is 29.3 Å². The second-order valence-electron chi connectivity index (χ2n) is 4.98. The van der Waals surface area contributed by atoms with Crippen LogP contribution in [0.5, 0.6) is 0 Å². The summed E-state index contributed by atoms with van der Waals surface area (Å²) in [5.74, 6) is -2.99. The predicted molar refractivity (Wildman–Crippen MR) is 79.8 cm³/mol. The van der Waals surface area contributed by atoms with Crippen molar-refractivity contribution in [3.63, 3.8) is 0 Å². The first kappa shape index (κ1) is 18.6. The molecule has 20 heavy (non-hydrogen) atoms. The number of carbonyl (C=O) groups is 2. The van der Waals surface area contributed by atoms with Gasteiger partial charge in [0.1, 0.15) is 0 Å². The minimum absolute atomic E-state index is 0.653. The van der Waals surface area contributed by atoms with Crippen LogP contribution in [0.1, 0.15) is 13.8 Å². The third kappa shape index (κ3) is 8.65. The molecule has 0 unspecified atom stereocenters. The molecule has 0 saturated carbocycles. The Labute approximate surface area is 124 Å². The van der Waals surface area contributed by atoms with E-state index in [0.29, 0.717) is 5.92 Å². The zero-order valence-electron chi connectivity index (χ0n) is 12.1. The molecule has 1 aliphatic rings. The Morgan fingerprint density at radius 3 is 1.95 bits per heavy atom. The van der Waals surface area contributed by atoms with Gasteiger partial charge in [-0.3, -0.25) is 0 Å². The highest BCUT2D eigenvalue weighted by atomic mass is 32.1. The molecule has 0 amide bonds. The number of hydrogen-bond acceptors (Lipinski definition) is 4. The SMILES string of the molecule is CC(C)CNC(=S)N1CCN(C)CC1.O=C(O)C(=O)O. The van der Waals surface area contributed by atoms with Crippen LogP contribution in [0.4, 0.5) is 0 Å². The molecule has 0 aromatic rings. The first-order chi connectivity index (χ1) is 9.23. The van der Waals surface area contributed by atoms with Crippen LogP contribution in [0, 0.1) is 5.92 Å². The minimum atomic E-state index is -1.82. The smallest absolute Gasteiger partial charge is 0.414 e. The van der Waals surface area contributed by atoms with Gasteiger partial charge in [-0.05, 0) is 25.2 Å². The van der Waals surface area contributed by atoms with Gasteiger partial charge >= 0.3 is 11.9 Å². The van der Waals surface area contributed by atoms with Gasteiger partial charge in [-0.15, -0.1) is 0 Å². The molecule has 1 heterocycles. The van der Waals surface area contributed by atoms with Crippen LogP contribution in [-0.2, 0) is 9.59 Å². The average Bonchev–Trinajstić information content (AvgIpc) is 2.37. The number of nitrogens with one attached hydrogen (secondary N) is 1. The number of aliphatic carboxylic acids is 2. The number of carboxylic acids is 2. The molecule has 0 aliphatic carbocycles. The van der Waals surface area contributed by atoms with Gasteiger partial charge in [0.2, 0.25) is 0 Å². The van der Waals surface area contributed by atoms with E-state index in [1.165, 1.54) is 0 Å². The number of piperazine rings is 1. The molecule has 0 aromatic carbocycles. The largest absolute Gasteiger partial charge is 0.473 e. The van der Waals surface area contributed by atoms with Gasteiger partial charge in [-0.2, -0.15) is 0 Å². The quantitative estimate of drug-likeness (QED) is 0.482. The summed E-state index contributed by atoms with van der Waals surface area (Å²) in [4.78, 5) is 22.8. The molecule has 0 atom stereocenters. The van der Waals surface area contributed by atoms with Crippen molar-refractivity contribution < 1.29 is 19.8 Å². The van der Waals surface area contributed by atoms with Crippen molar-refractivity contribution in [2.24, 2.45) is 5.92 Å². The first-order valence-electron chi connectivity index (χ1n) is 6.41. The lowest BCUT2D eigenvalue weighted by Crippen LogP contribution is -2.50. The van der Waals surface area contributed by atoms with Crippen LogP contribution in [0.25, 0.3) is 0 Å². The summed E-state index contributed by atoms with van der Waals surface area (Å²) in [7, 11) is 2.15. The lowest BCUT2D eigenvalue weighted by Gasteiger charge is -2.34. The standard InChI is InChI=1S/C10H21N3S.C2H2O4/c1-9(2)8-11-10(14)13-6-4-12(3)5-7-13;3-1(4)2(5)6/h9H,4-8H2,1-3H3,(H,11,14);(H,3,4)(H,5,6). The lowest BCUT2D eigenvalue weighted by molar-refractivity contribution is -0.159. The third-order valence-electron chi connectivity index (χ3n) is 2.63. The molecular formula is C12H23N3O4S. The Balaban J connectivity index is 0.000000511. The zero-order valence-corrected chi connectivity index (χ0v) is 12.9. The third-order valence-corrected chi connectivity index (χ3v) is 3.04. The van der Waals surface area contributed by atoms with Crippen LogP contribution in [-0.4, -0.2) is 76.8 Å². The summed E-state index contributed by atoms with van der Waals surface area (Å²) in [5.41, 5.74) is 0. The summed E-state index contributed by atoms with van der Waals surface area (Å²) in [6.45, 7) is 9.71. The van der Waals surface area contributed by atoms with Crippen molar-refractivity contribution in [1.29, 1.82) is 0 Å². The Morgan fingerprint density at radius 1 is 1.15 bits per heavy atom. The predicted octanol–water partition coefficient (Wildman–Crippen LogP) is -0.0801. The van der Waals surface area contributed by atoms with E-state index in [2.05, 4.69) is 36.0 Å².